The van der Waals surface area contributed by atoms with Crippen molar-refractivity contribution in [3.8, 4) is 0 Å². The average molecular weight is 292 g/mol. The van der Waals surface area contributed by atoms with Crippen LogP contribution in [-0.4, -0.2) is 19.0 Å². The van der Waals surface area contributed by atoms with Gasteiger partial charge in [0.2, 0.25) is 0 Å². The molecule has 0 atom stereocenters. The van der Waals surface area contributed by atoms with Crippen molar-refractivity contribution in [3.63, 3.8) is 0 Å². The van der Waals surface area contributed by atoms with E-state index in [0.717, 1.165) is 22.9 Å². The van der Waals surface area contributed by atoms with Gasteiger partial charge < -0.3 is 4.74 Å². The van der Waals surface area contributed by atoms with Crippen LogP contribution in [0.15, 0.2) is 22.7 Å². The molecule has 0 radical (unpaired) electrons. The van der Waals surface area contributed by atoms with Gasteiger partial charge in [-0.2, -0.15) is 0 Å². The molecule has 15 heavy (non-hydrogen) atoms. The van der Waals surface area contributed by atoms with Crippen LogP contribution in [0.3, 0.4) is 0 Å². The summed E-state index contributed by atoms with van der Waals surface area (Å²) in [5.74, 6) is 0.291. The molecule has 0 aliphatic heterocycles. The second kappa shape index (κ2) is 6.13. The van der Waals surface area contributed by atoms with Crippen molar-refractivity contribution in [2.24, 2.45) is 0 Å². The number of methoxy groups -OCH3 is 1. The number of carbonyl (C=O) groups excluding carboxylic acids is 1. The van der Waals surface area contributed by atoms with Crippen LogP contribution in [0.4, 0.5) is 0 Å². The van der Waals surface area contributed by atoms with Gasteiger partial charge in [0.1, 0.15) is 0 Å². The Kier molecular flexibility index (Phi) is 5.12. The zero-order valence-electron chi connectivity index (χ0n) is 8.43. The number of hydrogen-bond acceptors (Lipinski definition) is 2. The SMILES string of the molecule is COC(=O)c1ccc(Br)cc1CCCCl. The Morgan fingerprint density at radius 2 is 2.27 bits per heavy atom. The Morgan fingerprint density at radius 3 is 2.87 bits per heavy atom. The second-order valence-corrected chi connectivity index (χ2v) is 4.38. The van der Waals surface area contributed by atoms with E-state index < -0.39 is 0 Å². The van der Waals surface area contributed by atoms with Crippen LogP contribution < -0.4 is 0 Å². The topological polar surface area (TPSA) is 26.3 Å². The summed E-state index contributed by atoms with van der Waals surface area (Å²) in [7, 11) is 1.38. The summed E-state index contributed by atoms with van der Waals surface area (Å²) in [4.78, 5) is 11.4. The van der Waals surface area contributed by atoms with Crippen molar-refractivity contribution in [1.29, 1.82) is 0 Å². The molecule has 2 nitrogen and oxygen atoms in total. The van der Waals surface area contributed by atoms with E-state index in [1.54, 1.807) is 6.07 Å². The highest BCUT2D eigenvalue weighted by Gasteiger charge is 2.11. The molecule has 0 heterocycles. The number of ether oxygens (including phenoxy) is 1. The van der Waals surface area contributed by atoms with Gasteiger partial charge in [0.15, 0.2) is 0 Å². The Labute approximate surface area is 103 Å². The van der Waals surface area contributed by atoms with Crippen molar-refractivity contribution < 1.29 is 9.53 Å². The van der Waals surface area contributed by atoms with Crippen LogP contribution >= 0.6 is 27.5 Å². The molecule has 0 N–H and O–H groups in total. The highest BCUT2D eigenvalue weighted by atomic mass is 79.9. The zero-order valence-corrected chi connectivity index (χ0v) is 10.8. The summed E-state index contributed by atoms with van der Waals surface area (Å²) >= 11 is 9.00. The molecular formula is C11H12BrClO2. The van der Waals surface area contributed by atoms with E-state index >= 15 is 0 Å². The molecule has 1 aromatic rings. The largest absolute Gasteiger partial charge is 0.465 e. The molecule has 1 rings (SSSR count). The number of carbonyl (C=O) groups is 1. The molecule has 1 aromatic carbocycles. The lowest BCUT2D eigenvalue weighted by atomic mass is 10.0. The van der Waals surface area contributed by atoms with Gasteiger partial charge >= 0.3 is 5.97 Å². The van der Waals surface area contributed by atoms with Gasteiger partial charge in [0, 0.05) is 10.4 Å². The summed E-state index contributed by atoms with van der Waals surface area (Å²) in [5, 5.41) is 0. The summed E-state index contributed by atoms with van der Waals surface area (Å²) in [6.07, 6.45) is 1.63. The first-order chi connectivity index (χ1) is 7.19. The molecule has 0 fully saturated rings. The van der Waals surface area contributed by atoms with Crippen molar-refractivity contribution in [2.75, 3.05) is 13.0 Å². The van der Waals surface area contributed by atoms with Gasteiger partial charge in [-0.3, -0.25) is 0 Å². The molecule has 0 amide bonds. The van der Waals surface area contributed by atoms with E-state index in [2.05, 4.69) is 15.9 Å². The first-order valence-corrected chi connectivity index (χ1v) is 5.94. The van der Waals surface area contributed by atoms with Gasteiger partial charge in [-0.15, -0.1) is 11.6 Å². The van der Waals surface area contributed by atoms with Crippen molar-refractivity contribution in [2.45, 2.75) is 12.8 Å². The number of rotatable bonds is 4. The minimum Gasteiger partial charge on any atom is -0.465 e. The number of benzene rings is 1. The van der Waals surface area contributed by atoms with E-state index in [1.807, 2.05) is 12.1 Å². The fourth-order valence-electron chi connectivity index (χ4n) is 1.34. The molecular weight excluding hydrogens is 279 g/mol. The Bertz CT molecular complexity index is 352. The van der Waals surface area contributed by atoms with E-state index in [0.29, 0.717) is 11.4 Å². The third kappa shape index (κ3) is 3.50. The number of hydrogen-bond donors (Lipinski definition) is 0. The number of esters is 1. The second-order valence-electron chi connectivity index (χ2n) is 3.09. The van der Waals surface area contributed by atoms with Crippen molar-refractivity contribution >= 4 is 33.5 Å². The predicted molar refractivity (Wildman–Crippen MR) is 64.5 cm³/mol. The number of halogens is 2. The first kappa shape index (κ1) is 12.5. The fourth-order valence-corrected chi connectivity index (χ4v) is 1.88. The van der Waals surface area contributed by atoms with E-state index in [9.17, 15) is 4.79 Å². The summed E-state index contributed by atoms with van der Waals surface area (Å²) in [6.45, 7) is 0. The van der Waals surface area contributed by atoms with Crippen LogP contribution in [0.1, 0.15) is 22.3 Å². The quantitative estimate of drug-likeness (QED) is 0.628. The Hall–Kier alpha value is -0.540. The van der Waals surface area contributed by atoms with Crippen LogP contribution in [0.5, 0.6) is 0 Å². The highest BCUT2D eigenvalue weighted by molar-refractivity contribution is 9.10. The van der Waals surface area contributed by atoms with Gasteiger partial charge in [0.05, 0.1) is 12.7 Å². The molecule has 0 aliphatic rings. The average Bonchev–Trinajstić information content (AvgIpc) is 2.25. The molecule has 0 saturated heterocycles. The van der Waals surface area contributed by atoms with Gasteiger partial charge in [-0.05, 0) is 36.6 Å². The predicted octanol–water partition coefficient (Wildman–Crippen LogP) is 3.41. The molecule has 0 spiro atoms. The fraction of sp³-hybridized carbons (Fsp3) is 0.364. The summed E-state index contributed by atoms with van der Waals surface area (Å²) in [6, 6.07) is 5.52. The van der Waals surface area contributed by atoms with Gasteiger partial charge in [-0.25, -0.2) is 4.79 Å². The number of aryl methyl sites for hydroxylation is 1. The van der Waals surface area contributed by atoms with Gasteiger partial charge in [0.25, 0.3) is 0 Å². The smallest absolute Gasteiger partial charge is 0.338 e. The van der Waals surface area contributed by atoms with E-state index in [-0.39, 0.29) is 5.97 Å². The minimum atomic E-state index is -0.299. The van der Waals surface area contributed by atoms with Crippen LogP contribution in [0, 0.1) is 0 Å². The maximum absolute atomic E-state index is 11.4. The Balaban J connectivity index is 2.97. The maximum atomic E-state index is 11.4. The Morgan fingerprint density at radius 1 is 1.53 bits per heavy atom. The number of alkyl halides is 1. The molecule has 0 saturated carbocycles. The summed E-state index contributed by atoms with van der Waals surface area (Å²) in [5.41, 5.74) is 1.59. The van der Waals surface area contributed by atoms with Crippen molar-refractivity contribution in [1.82, 2.24) is 0 Å². The molecule has 0 aliphatic carbocycles. The first-order valence-electron chi connectivity index (χ1n) is 4.61. The lowest BCUT2D eigenvalue weighted by Gasteiger charge is -2.07. The maximum Gasteiger partial charge on any atom is 0.338 e. The molecule has 0 bridgehead atoms. The van der Waals surface area contributed by atoms with E-state index in [4.69, 9.17) is 16.3 Å². The normalized spacial score (nSPS) is 10.1. The van der Waals surface area contributed by atoms with Crippen molar-refractivity contribution in [3.05, 3.63) is 33.8 Å². The van der Waals surface area contributed by atoms with Gasteiger partial charge in [-0.1, -0.05) is 15.9 Å². The molecule has 4 heteroatoms. The third-order valence-electron chi connectivity index (χ3n) is 2.05. The zero-order chi connectivity index (χ0) is 11.3. The highest BCUT2D eigenvalue weighted by Crippen LogP contribution is 2.19. The molecule has 0 aromatic heterocycles. The lowest BCUT2D eigenvalue weighted by molar-refractivity contribution is 0.0599. The monoisotopic (exact) mass is 290 g/mol. The lowest BCUT2D eigenvalue weighted by Crippen LogP contribution is -2.06. The third-order valence-corrected chi connectivity index (χ3v) is 2.81. The van der Waals surface area contributed by atoms with Crippen LogP contribution in [-0.2, 0) is 11.2 Å². The summed E-state index contributed by atoms with van der Waals surface area (Å²) < 4.78 is 5.67. The van der Waals surface area contributed by atoms with Crippen LogP contribution in [0.25, 0.3) is 0 Å². The molecule has 82 valence electrons. The van der Waals surface area contributed by atoms with Crippen LogP contribution in [0.2, 0.25) is 0 Å². The van der Waals surface area contributed by atoms with E-state index in [1.165, 1.54) is 7.11 Å². The minimum absolute atomic E-state index is 0.299. The standard InChI is InChI=1S/C11H12BrClO2/c1-15-11(14)10-5-4-9(12)7-8(10)3-2-6-13/h4-5,7H,2-3,6H2,1H3. The molecule has 0 unspecified atom stereocenters.